The molecule has 174 valence electrons. The molecule has 2 aromatic carbocycles. The molecule has 0 amide bonds. The minimum atomic E-state index is -1.25. The number of nitrogens with zero attached hydrogens (tertiary/aromatic N) is 3. The number of aromatic carboxylic acids is 1. The van der Waals surface area contributed by atoms with Crippen LogP contribution in [0.4, 0.5) is 10.1 Å². The molecule has 2 aromatic heterocycles. The molecule has 0 unspecified atom stereocenters. The van der Waals surface area contributed by atoms with Crippen molar-refractivity contribution in [2.24, 2.45) is 0 Å². The smallest absolute Gasteiger partial charge is 0.335 e. The van der Waals surface area contributed by atoms with Gasteiger partial charge in [0.25, 0.3) is 5.91 Å². The van der Waals surface area contributed by atoms with Gasteiger partial charge in [-0.25, -0.2) is 9.18 Å². The van der Waals surface area contributed by atoms with E-state index < -0.39 is 17.7 Å². The Balaban J connectivity index is 1.91. The number of rotatable bonds is 7. The first-order valence-corrected chi connectivity index (χ1v) is 10.6. The largest absolute Gasteiger partial charge is 0.478 e. The van der Waals surface area contributed by atoms with Crippen LogP contribution in [0.3, 0.4) is 0 Å². The zero-order valence-corrected chi connectivity index (χ0v) is 19.1. The van der Waals surface area contributed by atoms with Crippen LogP contribution in [0.1, 0.15) is 26.3 Å². The number of methoxy groups -OCH3 is 1. The predicted molar refractivity (Wildman–Crippen MR) is 126 cm³/mol. The fourth-order valence-electron chi connectivity index (χ4n) is 3.58. The molecule has 0 aliphatic heterocycles. The van der Waals surface area contributed by atoms with Crippen molar-refractivity contribution in [1.29, 1.82) is 0 Å². The van der Waals surface area contributed by atoms with Gasteiger partial charge in [-0.3, -0.25) is 9.78 Å². The molecular weight excluding hydrogens is 463 g/mol. The monoisotopic (exact) mass is 482 g/mol. The number of ether oxygens (including phenoxy) is 1. The number of carboxylic acids is 1. The molecule has 4 aromatic rings. The highest BCUT2D eigenvalue weighted by Gasteiger charge is 2.24. The number of hydrogen-bond donors (Lipinski definition) is 2. The van der Waals surface area contributed by atoms with Gasteiger partial charge in [0.15, 0.2) is 0 Å². The summed E-state index contributed by atoms with van der Waals surface area (Å²) in [6.07, 6.45) is 1.54. The van der Waals surface area contributed by atoms with E-state index in [9.17, 15) is 14.0 Å². The lowest BCUT2D eigenvalue weighted by Crippen LogP contribution is -2.16. The maximum Gasteiger partial charge on any atom is 0.335 e. The number of hydrogen-bond acceptors (Lipinski definition) is 6. The maximum absolute atomic E-state index is 14.9. The Hall–Kier alpha value is -3.82. The number of carbonyl (C=O) groups excluding carboxylic acids is 1. The van der Waals surface area contributed by atoms with E-state index in [2.05, 4.69) is 15.4 Å². The first-order valence-electron chi connectivity index (χ1n) is 10.3. The second-order valence-electron chi connectivity index (χ2n) is 7.51. The van der Waals surface area contributed by atoms with Crippen LogP contribution in [0.15, 0.2) is 48.7 Å². The summed E-state index contributed by atoms with van der Waals surface area (Å²) in [7, 11) is 1.58. The van der Waals surface area contributed by atoms with Crippen LogP contribution in [-0.2, 0) is 4.74 Å². The van der Waals surface area contributed by atoms with Crippen molar-refractivity contribution in [2.75, 3.05) is 25.6 Å². The van der Waals surface area contributed by atoms with Crippen molar-refractivity contribution < 1.29 is 23.8 Å². The molecule has 0 radical (unpaired) electrons. The van der Waals surface area contributed by atoms with Crippen LogP contribution in [0.25, 0.3) is 22.3 Å². The Morgan fingerprint density at radius 3 is 2.71 bits per heavy atom. The average molecular weight is 483 g/mol. The Morgan fingerprint density at radius 1 is 1.24 bits per heavy atom. The second kappa shape index (κ2) is 9.58. The molecule has 4 rings (SSSR count). The molecule has 0 spiro atoms. The lowest BCUT2D eigenvalue weighted by molar-refractivity contribution is 0.0696. The number of halogens is 2. The summed E-state index contributed by atoms with van der Waals surface area (Å²) in [5.41, 5.74) is 2.06. The lowest BCUT2D eigenvalue weighted by atomic mass is 10.1. The van der Waals surface area contributed by atoms with Gasteiger partial charge in [-0.2, -0.15) is 9.78 Å². The number of aromatic nitrogens is 3. The molecule has 0 aliphatic carbocycles. The number of benzene rings is 2. The third-order valence-corrected chi connectivity index (χ3v) is 5.57. The summed E-state index contributed by atoms with van der Waals surface area (Å²) in [5.74, 6) is -2.55. The van der Waals surface area contributed by atoms with E-state index in [4.69, 9.17) is 21.4 Å². The topological polar surface area (TPSA) is 106 Å². The standard InChI is InChI=1S/C24H20ClFN4O4/c1-13-4-3-5-17(25)20(13)23(31)30-19-11-15(27-8-9-34-2)12-28-22(19)21(29-30)16-7-6-14(24(32)33)10-18(16)26/h3-7,10-12,27H,8-9H2,1-2H3,(H,32,33). The van der Waals surface area contributed by atoms with Gasteiger partial charge < -0.3 is 15.2 Å². The van der Waals surface area contributed by atoms with E-state index in [-0.39, 0.29) is 32.9 Å². The van der Waals surface area contributed by atoms with Gasteiger partial charge >= 0.3 is 5.97 Å². The van der Waals surface area contributed by atoms with Crippen LogP contribution in [0.5, 0.6) is 0 Å². The van der Waals surface area contributed by atoms with Crippen LogP contribution in [0, 0.1) is 12.7 Å². The van der Waals surface area contributed by atoms with E-state index in [1.807, 2.05) is 0 Å². The summed E-state index contributed by atoms with van der Waals surface area (Å²) in [5, 5.41) is 16.9. The molecule has 8 nitrogen and oxygen atoms in total. The number of carbonyl (C=O) groups is 2. The van der Waals surface area contributed by atoms with Crippen LogP contribution in [0.2, 0.25) is 5.02 Å². The van der Waals surface area contributed by atoms with Gasteiger partial charge in [-0.05, 0) is 42.8 Å². The number of nitrogens with one attached hydrogen (secondary N) is 1. The molecule has 10 heteroatoms. The number of carboxylic acid groups (broad SMARTS) is 1. The van der Waals surface area contributed by atoms with Crippen molar-refractivity contribution in [3.63, 3.8) is 0 Å². The number of anilines is 1. The van der Waals surface area contributed by atoms with E-state index in [0.717, 1.165) is 10.7 Å². The Morgan fingerprint density at radius 2 is 2.03 bits per heavy atom. The minimum Gasteiger partial charge on any atom is -0.478 e. The molecule has 34 heavy (non-hydrogen) atoms. The molecule has 0 fully saturated rings. The Kier molecular flexibility index (Phi) is 6.58. The van der Waals surface area contributed by atoms with Gasteiger partial charge in [0.1, 0.15) is 17.0 Å². The van der Waals surface area contributed by atoms with Crippen LogP contribution in [-0.4, -0.2) is 52.0 Å². The number of fused-ring (bicyclic) bond motifs is 1. The maximum atomic E-state index is 14.9. The molecule has 0 saturated heterocycles. The first kappa shape index (κ1) is 23.3. The molecule has 0 saturated carbocycles. The second-order valence-corrected chi connectivity index (χ2v) is 7.92. The quantitative estimate of drug-likeness (QED) is 0.369. The van der Waals surface area contributed by atoms with Crippen molar-refractivity contribution in [3.05, 3.63) is 76.2 Å². The number of aryl methyl sites for hydroxylation is 1. The van der Waals surface area contributed by atoms with Gasteiger partial charge in [-0.1, -0.05) is 23.7 Å². The van der Waals surface area contributed by atoms with Crippen molar-refractivity contribution in [2.45, 2.75) is 6.92 Å². The van der Waals surface area contributed by atoms with Gasteiger partial charge in [0, 0.05) is 19.2 Å². The van der Waals surface area contributed by atoms with Crippen molar-refractivity contribution in [1.82, 2.24) is 14.8 Å². The first-order chi connectivity index (χ1) is 16.3. The summed E-state index contributed by atoms with van der Waals surface area (Å²) < 4.78 is 21.1. The molecule has 0 aliphatic rings. The van der Waals surface area contributed by atoms with Gasteiger partial charge in [0.2, 0.25) is 0 Å². The van der Waals surface area contributed by atoms with E-state index in [1.165, 1.54) is 12.1 Å². The zero-order valence-electron chi connectivity index (χ0n) is 18.3. The fraction of sp³-hybridized carbons (Fsp3) is 0.167. The summed E-state index contributed by atoms with van der Waals surface area (Å²) in [6.45, 7) is 2.72. The highest BCUT2D eigenvalue weighted by molar-refractivity contribution is 6.34. The summed E-state index contributed by atoms with van der Waals surface area (Å²) >= 11 is 6.32. The van der Waals surface area contributed by atoms with E-state index in [0.29, 0.717) is 29.9 Å². The van der Waals surface area contributed by atoms with E-state index in [1.54, 1.807) is 44.5 Å². The minimum absolute atomic E-state index is 0.0185. The predicted octanol–water partition coefficient (Wildman–Crippen LogP) is 4.64. The summed E-state index contributed by atoms with van der Waals surface area (Å²) in [4.78, 5) is 29.1. The normalized spacial score (nSPS) is 11.1. The van der Waals surface area contributed by atoms with Crippen LogP contribution >= 0.6 is 11.6 Å². The SMILES string of the molecule is COCCNc1cnc2c(-c3ccc(C(=O)O)cc3F)nn(C(=O)c3c(C)cccc3Cl)c2c1. The van der Waals surface area contributed by atoms with Crippen LogP contribution < -0.4 is 5.32 Å². The van der Waals surface area contributed by atoms with Crippen molar-refractivity contribution in [3.8, 4) is 11.3 Å². The molecular formula is C24H20ClFN4O4. The van der Waals surface area contributed by atoms with Gasteiger partial charge in [0.05, 0.1) is 40.2 Å². The van der Waals surface area contributed by atoms with Gasteiger partial charge in [-0.15, -0.1) is 0 Å². The lowest BCUT2D eigenvalue weighted by Gasteiger charge is -2.09. The van der Waals surface area contributed by atoms with Crippen molar-refractivity contribution >= 4 is 40.2 Å². The number of pyridine rings is 1. The highest BCUT2D eigenvalue weighted by Crippen LogP contribution is 2.32. The third-order valence-electron chi connectivity index (χ3n) is 5.25. The van der Waals surface area contributed by atoms with E-state index >= 15 is 0 Å². The highest BCUT2D eigenvalue weighted by atomic mass is 35.5. The zero-order chi connectivity index (χ0) is 24.4. The molecule has 2 N–H and O–H groups in total. The third kappa shape index (κ3) is 4.35. The average Bonchev–Trinajstić information content (AvgIpc) is 3.17. The fourth-order valence-corrected chi connectivity index (χ4v) is 3.88. The summed E-state index contributed by atoms with van der Waals surface area (Å²) in [6, 6.07) is 10.3. The molecule has 0 bridgehead atoms. The molecule has 2 heterocycles. The Bertz CT molecular complexity index is 1400. The molecule has 0 atom stereocenters. The Labute approximate surface area is 198 Å².